The molecular weight excluding hydrogens is 316 g/mol. The standard InChI is InChI=1S/C17H17ClN2O3/c1-11-3-6-13(9-15(11)18)20-17(22)16(21)19-10-12-4-7-14(23-2)8-5-12/h3-9H,10H2,1-2H3,(H,19,21)(H,20,22). The zero-order valence-electron chi connectivity index (χ0n) is 12.9. The molecule has 0 unspecified atom stereocenters. The number of ether oxygens (including phenoxy) is 1. The summed E-state index contributed by atoms with van der Waals surface area (Å²) >= 11 is 5.98. The Hall–Kier alpha value is -2.53. The summed E-state index contributed by atoms with van der Waals surface area (Å²) in [4.78, 5) is 23.7. The zero-order chi connectivity index (χ0) is 16.8. The Labute approximate surface area is 139 Å². The number of amides is 2. The minimum atomic E-state index is -0.738. The van der Waals surface area contributed by atoms with Crippen molar-refractivity contribution < 1.29 is 14.3 Å². The van der Waals surface area contributed by atoms with Crippen molar-refractivity contribution in [3.8, 4) is 5.75 Å². The van der Waals surface area contributed by atoms with Crippen LogP contribution in [0, 0.1) is 6.92 Å². The van der Waals surface area contributed by atoms with Gasteiger partial charge in [-0.25, -0.2) is 0 Å². The van der Waals surface area contributed by atoms with Gasteiger partial charge in [-0.2, -0.15) is 0 Å². The van der Waals surface area contributed by atoms with Crippen LogP contribution in [0.4, 0.5) is 5.69 Å². The van der Waals surface area contributed by atoms with Gasteiger partial charge in [0.2, 0.25) is 0 Å². The second-order valence-electron chi connectivity index (χ2n) is 4.95. The maximum Gasteiger partial charge on any atom is 0.313 e. The van der Waals surface area contributed by atoms with Crippen molar-refractivity contribution in [2.75, 3.05) is 12.4 Å². The SMILES string of the molecule is COc1ccc(CNC(=O)C(=O)Nc2ccc(C)c(Cl)c2)cc1. The molecule has 5 nitrogen and oxygen atoms in total. The van der Waals surface area contributed by atoms with E-state index >= 15 is 0 Å². The average molecular weight is 333 g/mol. The van der Waals surface area contributed by atoms with E-state index in [-0.39, 0.29) is 6.54 Å². The second-order valence-corrected chi connectivity index (χ2v) is 5.36. The van der Waals surface area contributed by atoms with Crippen LogP contribution < -0.4 is 15.4 Å². The second kappa shape index (κ2) is 7.65. The molecule has 0 aromatic heterocycles. The number of nitrogens with one attached hydrogen (secondary N) is 2. The number of carbonyl (C=O) groups is 2. The van der Waals surface area contributed by atoms with Crippen LogP contribution >= 0.6 is 11.6 Å². The molecule has 23 heavy (non-hydrogen) atoms. The van der Waals surface area contributed by atoms with E-state index in [9.17, 15) is 9.59 Å². The molecule has 2 N–H and O–H groups in total. The quantitative estimate of drug-likeness (QED) is 0.846. The van der Waals surface area contributed by atoms with Crippen molar-refractivity contribution >= 4 is 29.1 Å². The van der Waals surface area contributed by atoms with E-state index in [0.717, 1.165) is 16.9 Å². The molecule has 2 amide bonds. The summed E-state index contributed by atoms with van der Waals surface area (Å²) in [5.74, 6) is -0.718. The molecule has 0 fully saturated rings. The van der Waals surface area contributed by atoms with Gasteiger partial charge in [0, 0.05) is 17.3 Å². The molecule has 2 aromatic rings. The summed E-state index contributed by atoms with van der Waals surface area (Å²) in [5.41, 5.74) is 2.24. The lowest BCUT2D eigenvalue weighted by molar-refractivity contribution is -0.136. The first-order valence-electron chi connectivity index (χ1n) is 6.98. The largest absolute Gasteiger partial charge is 0.497 e. The Morgan fingerprint density at radius 2 is 1.78 bits per heavy atom. The lowest BCUT2D eigenvalue weighted by Crippen LogP contribution is -2.34. The van der Waals surface area contributed by atoms with Gasteiger partial charge in [-0.05, 0) is 42.3 Å². The Morgan fingerprint density at radius 3 is 2.39 bits per heavy atom. The van der Waals surface area contributed by atoms with Crippen LogP contribution in [0.3, 0.4) is 0 Å². The number of aryl methyl sites for hydroxylation is 1. The van der Waals surface area contributed by atoms with Gasteiger partial charge in [-0.15, -0.1) is 0 Å². The van der Waals surface area contributed by atoms with Crippen LogP contribution in [-0.4, -0.2) is 18.9 Å². The van der Waals surface area contributed by atoms with Crippen molar-refractivity contribution in [2.24, 2.45) is 0 Å². The highest BCUT2D eigenvalue weighted by Gasteiger charge is 2.13. The predicted octanol–water partition coefficient (Wildman–Crippen LogP) is 2.91. The molecule has 0 bridgehead atoms. The maximum absolute atomic E-state index is 11.8. The molecule has 120 valence electrons. The van der Waals surface area contributed by atoms with E-state index in [1.54, 1.807) is 37.4 Å². The topological polar surface area (TPSA) is 67.4 Å². The Morgan fingerprint density at radius 1 is 1.09 bits per heavy atom. The smallest absolute Gasteiger partial charge is 0.313 e. The van der Waals surface area contributed by atoms with Crippen molar-refractivity contribution in [3.05, 3.63) is 58.6 Å². The summed E-state index contributed by atoms with van der Waals surface area (Å²) in [7, 11) is 1.58. The molecule has 6 heteroatoms. The number of methoxy groups -OCH3 is 1. The van der Waals surface area contributed by atoms with Crippen molar-refractivity contribution in [3.63, 3.8) is 0 Å². The van der Waals surface area contributed by atoms with Crippen LogP contribution in [0.25, 0.3) is 0 Å². The molecule has 0 spiro atoms. The summed E-state index contributed by atoms with van der Waals surface area (Å²) in [6.07, 6.45) is 0. The zero-order valence-corrected chi connectivity index (χ0v) is 13.6. The number of anilines is 1. The van der Waals surface area contributed by atoms with Gasteiger partial charge in [0.25, 0.3) is 0 Å². The van der Waals surface area contributed by atoms with Gasteiger partial charge in [-0.3, -0.25) is 9.59 Å². The van der Waals surface area contributed by atoms with Crippen LogP contribution in [-0.2, 0) is 16.1 Å². The van der Waals surface area contributed by atoms with E-state index < -0.39 is 11.8 Å². The lowest BCUT2D eigenvalue weighted by atomic mass is 10.2. The minimum Gasteiger partial charge on any atom is -0.497 e. The Kier molecular flexibility index (Phi) is 5.60. The van der Waals surface area contributed by atoms with E-state index in [1.165, 1.54) is 0 Å². The predicted molar refractivity (Wildman–Crippen MR) is 89.7 cm³/mol. The van der Waals surface area contributed by atoms with Crippen molar-refractivity contribution in [2.45, 2.75) is 13.5 Å². The molecule has 0 atom stereocenters. The fourth-order valence-electron chi connectivity index (χ4n) is 1.86. The number of hydrogen-bond acceptors (Lipinski definition) is 3. The number of halogens is 1. The third kappa shape index (κ3) is 4.72. The Bertz CT molecular complexity index is 714. The number of carbonyl (C=O) groups excluding carboxylic acids is 2. The average Bonchev–Trinajstić information content (AvgIpc) is 2.56. The molecule has 0 heterocycles. The summed E-state index contributed by atoms with van der Waals surface area (Å²) in [6, 6.07) is 12.3. The first-order chi connectivity index (χ1) is 11.0. The number of rotatable bonds is 4. The van der Waals surface area contributed by atoms with Gasteiger partial charge in [0.05, 0.1) is 7.11 Å². The molecule has 0 saturated carbocycles. The molecule has 0 aliphatic carbocycles. The highest BCUT2D eigenvalue weighted by Crippen LogP contribution is 2.19. The van der Waals surface area contributed by atoms with Gasteiger partial charge in [-0.1, -0.05) is 29.8 Å². The van der Waals surface area contributed by atoms with Crippen molar-refractivity contribution in [1.29, 1.82) is 0 Å². The first kappa shape index (κ1) is 16.8. The van der Waals surface area contributed by atoms with Gasteiger partial charge < -0.3 is 15.4 Å². The summed E-state index contributed by atoms with van der Waals surface area (Å²) in [6.45, 7) is 2.11. The maximum atomic E-state index is 11.8. The van der Waals surface area contributed by atoms with Crippen LogP contribution in [0.1, 0.15) is 11.1 Å². The molecule has 0 radical (unpaired) electrons. The van der Waals surface area contributed by atoms with Gasteiger partial charge >= 0.3 is 11.8 Å². The van der Waals surface area contributed by atoms with Crippen LogP contribution in [0.5, 0.6) is 5.75 Å². The minimum absolute atomic E-state index is 0.255. The van der Waals surface area contributed by atoms with Crippen molar-refractivity contribution in [1.82, 2.24) is 5.32 Å². The van der Waals surface area contributed by atoms with Crippen LogP contribution in [0.15, 0.2) is 42.5 Å². The monoisotopic (exact) mass is 332 g/mol. The van der Waals surface area contributed by atoms with E-state index in [1.807, 2.05) is 19.1 Å². The lowest BCUT2D eigenvalue weighted by Gasteiger charge is -2.08. The van der Waals surface area contributed by atoms with E-state index in [0.29, 0.717) is 10.7 Å². The first-order valence-corrected chi connectivity index (χ1v) is 7.35. The van der Waals surface area contributed by atoms with E-state index in [2.05, 4.69) is 10.6 Å². The van der Waals surface area contributed by atoms with Gasteiger partial charge in [0.15, 0.2) is 0 Å². The van der Waals surface area contributed by atoms with Gasteiger partial charge in [0.1, 0.15) is 5.75 Å². The fraction of sp³-hybridized carbons (Fsp3) is 0.176. The number of hydrogen-bond donors (Lipinski definition) is 2. The van der Waals surface area contributed by atoms with Crippen LogP contribution in [0.2, 0.25) is 5.02 Å². The summed E-state index contributed by atoms with van der Waals surface area (Å²) in [5, 5.41) is 5.60. The molecule has 0 saturated heterocycles. The Balaban J connectivity index is 1.89. The third-order valence-corrected chi connectivity index (χ3v) is 3.66. The fourth-order valence-corrected chi connectivity index (χ4v) is 2.05. The normalized spacial score (nSPS) is 10.0. The molecule has 0 aliphatic heterocycles. The molecule has 2 aromatic carbocycles. The third-order valence-electron chi connectivity index (χ3n) is 3.25. The number of benzene rings is 2. The summed E-state index contributed by atoms with van der Waals surface area (Å²) < 4.78 is 5.06. The highest BCUT2D eigenvalue weighted by molar-refractivity contribution is 6.39. The highest BCUT2D eigenvalue weighted by atomic mass is 35.5. The molecule has 0 aliphatic rings. The molecule has 2 rings (SSSR count). The van der Waals surface area contributed by atoms with E-state index in [4.69, 9.17) is 16.3 Å². The molecular formula is C17H17ClN2O3.